The number of epoxide rings is 1. The Morgan fingerprint density at radius 3 is 2.17 bits per heavy atom. The minimum Gasteiger partial charge on any atom is -0.390 e. The van der Waals surface area contributed by atoms with Gasteiger partial charge >= 0.3 is 0 Å². The van der Waals surface area contributed by atoms with Crippen LogP contribution >= 0.6 is 0 Å². The van der Waals surface area contributed by atoms with Crippen LogP contribution in [0.2, 0.25) is 0 Å². The maximum atomic E-state index is 10.7. The number of hydrogen-bond acceptors (Lipinski definition) is 3. The van der Waals surface area contributed by atoms with Crippen LogP contribution in [0.4, 0.5) is 0 Å². The summed E-state index contributed by atoms with van der Waals surface area (Å²) >= 11 is 0. The highest BCUT2D eigenvalue weighted by Crippen LogP contribution is 2.65. The van der Waals surface area contributed by atoms with Gasteiger partial charge in [-0.05, 0) is 79.4 Å². The van der Waals surface area contributed by atoms with Crippen molar-refractivity contribution in [1.29, 1.82) is 0 Å². The van der Waals surface area contributed by atoms with E-state index in [0.29, 0.717) is 11.8 Å². The van der Waals surface area contributed by atoms with Crippen molar-refractivity contribution < 1.29 is 14.9 Å². The lowest BCUT2D eigenvalue weighted by atomic mass is 9.43. The quantitative estimate of drug-likeness (QED) is 0.675. The van der Waals surface area contributed by atoms with Crippen LogP contribution in [-0.4, -0.2) is 34.6 Å². The van der Waals surface area contributed by atoms with E-state index in [1.54, 1.807) is 0 Å². The maximum absolute atomic E-state index is 10.7. The van der Waals surface area contributed by atoms with Gasteiger partial charge in [0, 0.05) is 0 Å². The van der Waals surface area contributed by atoms with Crippen LogP contribution in [0.1, 0.15) is 51.4 Å². The van der Waals surface area contributed by atoms with Crippen molar-refractivity contribution >= 4 is 0 Å². The first-order valence-electron chi connectivity index (χ1n) is 10.3. The zero-order valence-corrected chi connectivity index (χ0v) is 13.9. The predicted molar refractivity (Wildman–Crippen MR) is 85.5 cm³/mol. The van der Waals surface area contributed by atoms with Gasteiger partial charge in [0.1, 0.15) is 12.2 Å². The summed E-state index contributed by atoms with van der Waals surface area (Å²) in [6, 6.07) is 0. The van der Waals surface area contributed by atoms with Crippen molar-refractivity contribution in [3.63, 3.8) is 0 Å². The highest BCUT2D eigenvalue weighted by Gasteiger charge is 2.66. The lowest BCUT2D eigenvalue weighted by Gasteiger charge is -2.61. The van der Waals surface area contributed by atoms with Crippen molar-refractivity contribution in [1.82, 2.24) is 0 Å². The fraction of sp³-hybridized carbons (Fsp3) is 1.00. The molecule has 0 radical (unpaired) electrons. The monoisotopic (exact) mass is 318 g/mol. The fourth-order valence-electron chi connectivity index (χ4n) is 8.45. The van der Waals surface area contributed by atoms with Crippen molar-refractivity contribution in [3.05, 3.63) is 0 Å². The van der Waals surface area contributed by atoms with Crippen LogP contribution < -0.4 is 0 Å². The van der Waals surface area contributed by atoms with E-state index < -0.39 is 12.2 Å². The summed E-state index contributed by atoms with van der Waals surface area (Å²) in [7, 11) is 0. The second kappa shape index (κ2) is 4.74. The lowest BCUT2D eigenvalue weighted by molar-refractivity contribution is -0.156. The third kappa shape index (κ3) is 1.77. The third-order valence-corrected chi connectivity index (χ3v) is 9.13. The molecule has 23 heavy (non-hydrogen) atoms. The van der Waals surface area contributed by atoms with Crippen LogP contribution in [0.5, 0.6) is 0 Å². The van der Waals surface area contributed by atoms with E-state index in [0.717, 1.165) is 41.9 Å². The van der Waals surface area contributed by atoms with Gasteiger partial charge in [-0.15, -0.1) is 0 Å². The number of hydrogen-bond donors (Lipinski definition) is 2. The Balaban J connectivity index is 1.38. The second-order valence-corrected chi connectivity index (χ2v) is 9.71. The molecule has 5 saturated carbocycles. The average molecular weight is 318 g/mol. The van der Waals surface area contributed by atoms with Gasteiger partial charge in [0.2, 0.25) is 0 Å². The van der Waals surface area contributed by atoms with Crippen molar-refractivity contribution in [2.45, 2.75) is 75.8 Å². The number of rotatable bonds is 0. The van der Waals surface area contributed by atoms with Crippen LogP contribution in [0.3, 0.4) is 0 Å². The Hall–Kier alpha value is -0.120. The molecule has 0 amide bonds. The molecular formula is C20H30O3. The average Bonchev–Trinajstić information content (AvgIpc) is 3.37. The van der Waals surface area contributed by atoms with Gasteiger partial charge in [-0.25, -0.2) is 0 Å². The van der Waals surface area contributed by atoms with Crippen molar-refractivity contribution in [2.75, 3.05) is 0 Å². The molecule has 3 heteroatoms. The summed E-state index contributed by atoms with van der Waals surface area (Å²) in [5, 5.41) is 21.0. The highest BCUT2D eigenvalue weighted by molar-refractivity contribution is 5.14. The minimum absolute atomic E-state index is 0.0498. The van der Waals surface area contributed by atoms with Crippen LogP contribution in [-0.2, 0) is 4.74 Å². The van der Waals surface area contributed by atoms with E-state index >= 15 is 0 Å². The molecule has 6 aliphatic rings. The molecule has 12 atom stereocenters. The number of aliphatic hydroxyl groups excluding tert-OH is 2. The molecule has 5 aliphatic carbocycles. The van der Waals surface area contributed by atoms with E-state index in [4.69, 9.17) is 4.74 Å². The summed E-state index contributed by atoms with van der Waals surface area (Å²) in [6.45, 7) is 0. The van der Waals surface area contributed by atoms with Gasteiger partial charge in [-0.2, -0.15) is 0 Å². The summed E-state index contributed by atoms with van der Waals surface area (Å²) < 4.78 is 5.89. The van der Waals surface area contributed by atoms with Gasteiger partial charge in [-0.3, -0.25) is 0 Å². The Morgan fingerprint density at radius 2 is 1.35 bits per heavy atom. The molecule has 3 nitrogen and oxygen atoms in total. The van der Waals surface area contributed by atoms with Gasteiger partial charge in [-0.1, -0.05) is 19.3 Å². The third-order valence-electron chi connectivity index (χ3n) is 9.13. The van der Waals surface area contributed by atoms with Gasteiger partial charge in [0.15, 0.2) is 0 Å². The molecule has 0 aromatic carbocycles. The predicted octanol–water partition coefficient (Wildman–Crippen LogP) is 2.59. The van der Waals surface area contributed by atoms with Gasteiger partial charge in [0.05, 0.1) is 12.2 Å². The molecule has 12 unspecified atom stereocenters. The van der Waals surface area contributed by atoms with E-state index in [1.165, 1.54) is 44.9 Å². The first kappa shape index (κ1) is 14.1. The SMILES string of the molecule is OC1C(O)C2OC2C2C1CC1CCC3CCCC4CCC2C1C34. The molecule has 6 fully saturated rings. The van der Waals surface area contributed by atoms with E-state index in [9.17, 15) is 10.2 Å². The smallest absolute Gasteiger partial charge is 0.113 e. The standard InChI is InChI=1S/C20H30O3/c21-17-13-8-11-5-4-9-2-1-3-10-6-7-12(15(11)14(9)10)16(13)19-20(23-19)18(17)22/h9-22H,1-8H2. The summed E-state index contributed by atoms with van der Waals surface area (Å²) in [6.07, 6.45) is 10.3. The second-order valence-electron chi connectivity index (χ2n) is 9.71. The first-order chi connectivity index (χ1) is 11.2. The summed E-state index contributed by atoms with van der Waals surface area (Å²) in [5.74, 6) is 6.36. The normalized spacial score (nSPS) is 66.0. The van der Waals surface area contributed by atoms with Crippen LogP contribution in [0, 0.1) is 47.3 Å². The molecule has 0 spiro atoms. The van der Waals surface area contributed by atoms with E-state index in [1.807, 2.05) is 0 Å². The molecule has 0 aromatic heterocycles. The van der Waals surface area contributed by atoms with Crippen LogP contribution in [0.15, 0.2) is 0 Å². The summed E-state index contributed by atoms with van der Waals surface area (Å²) in [4.78, 5) is 0. The molecule has 1 aliphatic heterocycles. The number of ether oxygens (including phenoxy) is 1. The van der Waals surface area contributed by atoms with Crippen LogP contribution in [0.25, 0.3) is 0 Å². The fourth-order valence-corrected chi connectivity index (χ4v) is 8.45. The molecule has 6 rings (SSSR count). The molecule has 1 heterocycles. The topological polar surface area (TPSA) is 53.0 Å². The molecular weight excluding hydrogens is 288 g/mol. The lowest BCUT2D eigenvalue weighted by Crippen LogP contribution is -2.59. The Labute approximate surface area is 138 Å². The van der Waals surface area contributed by atoms with E-state index in [2.05, 4.69) is 0 Å². The zero-order valence-electron chi connectivity index (χ0n) is 13.9. The number of aliphatic hydroxyl groups is 2. The van der Waals surface area contributed by atoms with Crippen molar-refractivity contribution in [3.8, 4) is 0 Å². The molecule has 1 saturated heterocycles. The Morgan fingerprint density at radius 1 is 0.609 bits per heavy atom. The zero-order chi connectivity index (χ0) is 15.3. The Kier molecular flexibility index (Phi) is 2.90. The van der Waals surface area contributed by atoms with E-state index in [-0.39, 0.29) is 12.2 Å². The molecule has 0 aromatic rings. The molecule has 2 N–H and O–H groups in total. The maximum Gasteiger partial charge on any atom is 0.113 e. The highest BCUT2D eigenvalue weighted by atomic mass is 16.6. The largest absolute Gasteiger partial charge is 0.390 e. The minimum atomic E-state index is -0.625. The first-order valence-corrected chi connectivity index (χ1v) is 10.3. The molecule has 128 valence electrons. The van der Waals surface area contributed by atoms with Gasteiger partial charge < -0.3 is 14.9 Å². The Bertz CT molecular complexity index is 501. The summed E-state index contributed by atoms with van der Waals surface area (Å²) in [5.41, 5.74) is 0. The van der Waals surface area contributed by atoms with Crippen molar-refractivity contribution in [2.24, 2.45) is 47.3 Å². The van der Waals surface area contributed by atoms with Gasteiger partial charge in [0.25, 0.3) is 0 Å². The number of fused-ring (bicyclic) bond motifs is 4. The molecule has 0 bridgehead atoms.